The minimum absolute atomic E-state index is 0.648. The second kappa shape index (κ2) is 4.42. The fourth-order valence-corrected chi connectivity index (χ4v) is 2.70. The number of ether oxygens (including phenoxy) is 1. The molecular weight excluding hydrogens is 330 g/mol. The molecule has 1 aromatic heterocycles. The first kappa shape index (κ1) is 10.1. The summed E-state index contributed by atoms with van der Waals surface area (Å²) in [7, 11) is 0. The van der Waals surface area contributed by atoms with Crippen molar-refractivity contribution >= 4 is 43.2 Å². The van der Waals surface area contributed by atoms with Crippen molar-refractivity contribution in [2.75, 3.05) is 0 Å². The zero-order chi connectivity index (χ0) is 9.97. The molecule has 14 heavy (non-hydrogen) atoms. The van der Waals surface area contributed by atoms with Gasteiger partial charge in [0.2, 0.25) is 0 Å². The molecule has 0 radical (unpaired) electrons. The van der Waals surface area contributed by atoms with Crippen LogP contribution in [-0.2, 0) is 0 Å². The summed E-state index contributed by atoms with van der Waals surface area (Å²) in [5, 5.41) is 2.53. The maximum Gasteiger partial charge on any atom is 0.278 e. The standard InChI is InChI=1S/C9H5Br2NOS/c10-6-3-7(11)5-8(4-6)13-9-12-1-2-14-9/h1-5H. The molecule has 72 valence electrons. The number of hydrogen-bond acceptors (Lipinski definition) is 3. The van der Waals surface area contributed by atoms with Gasteiger partial charge < -0.3 is 4.74 Å². The Labute approximate surface area is 102 Å². The summed E-state index contributed by atoms with van der Waals surface area (Å²) in [4.78, 5) is 4.04. The van der Waals surface area contributed by atoms with Gasteiger partial charge in [-0.2, -0.15) is 0 Å². The van der Waals surface area contributed by atoms with E-state index >= 15 is 0 Å². The highest BCUT2D eigenvalue weighted by Gasteiger charge is 2.01. The second-order valence-electron chi connectivity index (χ2n) is 2.51. The van der Waals surface area contributed by atoms with E-state index in [-0.39, 0.29) is 0 Å². The van der Waals surface area contributed by atoms with Gasteiger partial charge in [0.25, 0.3) is 5.19 Å². The molecule has 0 amide bonds. The van der Waals surface area contributed by atoms with Crippen molar-refractivity contribution in [3.63, 3.8) is 0 Å². The van der Waals surface area contributed by atoms with Gasteiger partial charge in [-0.25, -0.2) is 4.98 Å². The predicted molar refractivity (Wildman–Crippen MR) is 64.0 cm³/mol. The van der Waals surface area contributed by atoms with Crippen molar-refractivity contribution < 1.29 is 4.74 Å². The summed E-state index contributed by atoms with van der Waals surface area (Å²) in [6.45, 7) is 0. The lowest BCUT2D eigenvalue weighted by Crippen LogP contribution is -1.82. The van der Waals surface area contributed by atoms with Crippen molar-refractivity contribution in [3.05, 3.63) is 38.7 Å². The molecule has 0 atom stereocenters. The Morgan fingerprint density at radius 3 is 2.43 bits per heavy atom. The third-order valence-electron chi connectivity index (χ3n) is 1.45. The molecule has 0 N–H and O–H groups in total. The average molecular weight is 335 g/mol. The molecule has 0 saturated heterocycles. The lowest BCUT2D eigenvalue weighted by Gasteiger charge is -2.02. The van der Waals surface area contributed by atoms with Crippen molar-refractivity contribution in [1.82, 2.24) is 4.98 Å². The number of aromatic nitrogens is 1. The number of rotatable bonds is 2. The van der Waals surface area contributed by atoms with Gasteiger partial charge in [-0.15, -0.1) is 0 Å². The first-order valence-electron chi connectivity index (χ1n) is 3.77. The normalized spacial score (nSPS) is 10.1. The molecule has 1 heterocycles. The molecule has 5 heteroatoms. The largest absolute Gasteiger partial charge is 0.431 e. The summed E-state index contributed by atoms with van der Waals surface area (Å²) < 4.78 is 7.47. The smallest absolute Gasteiger partial charge is 0.278 e. The highest BCUT2D eigenvalue weighted by Crippen LogP contribution is 2.29. The summed E-state index contributed by atoms with van der Waals surface area (Å²) in [6.07, 6.45) is 1.72. The predicted octanol–water partition coefficient (Wildman–Crippen LogP) is 4.46. The van der Waals surface area contributed by atoms with Crippen molar-refractivity contribution in [2.45, 2.75) is 0 Å². The van der Waals surface area contributed by atoms with E-state index in [4.69, 9.17) is 4.74 Å². The van der Waals surface area contributed by atoms with Crippen molar-refractivity contribution in [1.29, 1.82) is 0 Å². The van der Waals surface area contributed by atoms with Crippen LogP contribution in [0.4, 0.5) is 0 Å². The van der Waals surface area contributed by atoms with E-state index in [0.717, 1.165) is 14.7 Å². The third kappa shape index (κ3) is 2.56. The van der Waals surface area contributed by atoms with Crippen LogP contribution in [0.5, 0.6) is 10.9 Å². The van der Waals surface area contributed by atoms with Gasteiger partial charge in [-0.05, 0) is 18.2 Å². The Kier molecular flexibility index (Phi) is 3.20. The molecule has 2 nitrogen and oxygen atoms in total. The summed E-state index contributed by atoms with van der Waals surface area (Å²) >= 11 is 8.25. The van der Waals surface area contributed by atoms with Gasteiger partial charge in [0.05, 0.1) is 0 Å². The van der Waals surface area contributed by atoms with Crippen LogP contribution in [0, 0.1) is 0 Å². The molecule has 0 unspecified atom stereocenters. The van der Waals surface area contributed by atoms with E-state index in [9.17, 15) is 0 Å². The number of benzene rings is 1. The number of hydrogen-bond donors (Lipinski definition) is 0. The Balaban J connectivity index is 2.25. The van der Waals surface area contributed by atoms with E-state index in [2.05, 4.69) is 36.8 Å². The van der Waals surface area contributed by atoms with E-state index in [1.54, 1.807) is 6.20 Å². The van der Waals surface area contributed by atoms with Crippen LogP contribution >= 0.6 is 43.2 Å². The number of halogens is 2. The molecule has 1 aromatic carbocycles. The van der Waals surface area contributed by atoms with Crippen LogP contribution in [0.25, 0.3) is 0 Å². The first-order chi connectivity index (χ1) is 6.74. The third-order valence-corrected chi connectivity index (χ3v) is 3.01. The van der Waals surface area contributed by atoms with Gasteiger partial charge in [0.1, 0.15) is 5.75 Å². The Morgan fingerprint density at radius 1 is 1.14 bits per heavy atom. The zero-order valence-electron chi connectivity index (χ0n) is 6.91. The molecule has 0 aliphatic rings. The molecule has 0 spiro atoms. The van der Waals surface area contributed by atoms with Crippen LogP contribution in [0.1, 0.15) is 0 Å². The van der Waals surface area contributed by atoms with Crippen LogP contribution in [0.2, 0.25) is 0 Å². The average Bonchev–Trinajstić information content (AvgIpc) is 2.54. The van der Waals surface area contributed by atoms with Gasteiger partial charge >= 0.3 is 0 Å². The Morgan fingerprint density at radius 2 is 1.86 bits per heavy atom. The molecule has 0 bridgehead atoms. The van der Waals surface area contributed by atoms with E-state index in [1.165, 1.54) is 11.3 Å². The minimum Gasteiger partial charge on any atom is -0.431 e. The van der Waals surface area contributed by atoms with Crippen molar-refractivity contribution in [2.24, 2.45) is 0 Å². The second-order valence-corrected chi connectivity index (χ2v) is 5.19. The van der Waals surface area contributed by atoms with Gasteiger partial charge in [-0.3, -0.25) is 0 Å². The van der Waals surface area contributed by atoms with Crippen molar-refractivity contribution in [3.8, 4) is 10.9 Å². The van der Waals surface area contributed by atoms with Crippen LogP contribution in [0.3, 0.4) is 0 Å². The van der Waals surface area contributed by atoms with Gasteiger partial charge in [-0.1, -0.05) is 43.2 Å². The monoisotopic (exact) mass is 333 g/mol. The summed E-state index contributed by atoms with van der Waals surface area (Å²) in [5.74, 6) is 0.765. The lowest BCUT2D eigenvalue weighted by atomic mass is 10.3. The Bertz CT molecular complexity index is 410. The van der Waals surface area contributed by atoms with Crippen LogP contribution in [-0.4, -0.2) is 4.98 Å². The van der Waals surface area contributed by atoms with Gasteiger partial charge in [0, 0.05) is 20.5 Å². The highest BCUT2D eigenvalue weighted by atomic mass is 79.9. The minimum atomic E-state index is 0.648. The van der Waals surface area contributed by atoms with E-state index in [1.807, 2.05) is 23.6 Å². The highest BCUT2D eigenvalue weighted by molar-refractivity contribution is 9.11. The van der Waals surface area contributed by atoms with Gasteiger partial charge in [0.15, 0.2) is 0 Å². The van der Waals surface area contributed by atoms with Crippen LogP contribution in [0.15, 0.2) is 38.7 Å². The fraction of sp³-hybridized carbons (Fsp3) is 0. The quantitative estimate of drug-likeness (QED) is 0.808. The topological polar surface area (TPSA) is 22.1 Å². The lowest BCUT2D eigenvalue weighted by molar-refractivity contribution is 0.478. The molecule has 0 aliphatic heterocycles. The molecule has 0 aliphatic carbocycles. The maximum atomic E-state index is 5.53. The summed E-state index contributed by atoms with van der Waals surface area (Å²) in [5.41, 5.74) is 0. The Hall–Kier alpha value is -0.390. The molecule has 0 fully saturated rings. The molecule has 2 rings (SSSR count). The summed E-state index contributed by atoms with van der Waals surface area (Å²) in [6, 6.07) is 5.74. The molecular formula is C9H5Br2NOS. The number of nitrogens with zero attached hydrogens (tertiary/aromatic N) is 1. The first-order valence-corrected chi connectivity index (χ1v) is 6.24. The molecule has 0 saturated carbocycles. The van der Waals surface area contributed by atoms with Crippen LogP contribution < -0.4 is 4.74 Å². The van der Waals surface area contributed by atoms with E-state index < -0.39 is 0 Å². The molecule has 2 aromatic rings. The fourth-order valence-electron chi connectivity index (χ4n) is 0.949. The van der Waals surface area contributed by atoms with E-state index in [0.29, 0.717) is 5.19 Å². The zero-order valence-corrected chi connectivity index (χ0v) is 10.9. The SMILES string of the molecule is Brc1cc(Br)cc(Oc2nccs2)c1. The number of thiazole rings is 1. The maximum absolute atomic E-state index is 5.53.